The van der Waals surface area contributed by atoms with Crippen molar-refractivity contribution in [3.63, 3.8) is 0 Å². The molecule has 0 N–H and O–H groups in total. The fourth-order valence-corrected chi connectivity index (χ4v) is 5.00. The number of Topliss-reactive ketones (excluding diaryl/α,β-unsaturated/α-hetero) is 1. The Morgan fingerprint density at radius 3 is 2.19 bits per heavy atom. The van der Waals surface area contributed by atoms with Crippen molar-refractivity contribution in [1.82, 2.24) is 0 Å². The molecule has 1 unspecified atom stereocenters. The zero-order valence-electron chi connectivity index (χ0n) is 15.6. The molecule has 27 heavy (non-hydrogen) atoms. The average molecular weight is 381 g/mol. The van der Waals surface area contributed by atoms with Gasteiger partial charge in [-0.15, -0.1) is 0 Å². The summed E-state index contributed by atoms with van der Waals surface area (Å²) in [7, 11) is -3.69. The number of carbonyl (C=O) groups excluding carboxylic acids is 1. The van der Waals surface area contributed by atoms with E-state index in [2.05, 4.69) is 13.8 Å². The molecule has 0 bridgehead atoms. The normalized spacial score (nSPS) is 13.0. The van der Waals surface area contributed by atoms with Gasteiger partial charge in [0.1, 0.15) is 11.5 Å². The second-order valence-corrected chi connectivity index (χ2v) is 9.20. The van der Waals surface area contributed by atoms with Crippen LogP contribution in [0.2, 0.25) is 0 Å². The number of carbonyl (C=O) groups is 1. The van der Waals surface area contributed by atoms with E-state index >= 15 is 0 Å². The van der Waals surface area contributed by atoms with Crippen LogP contribution in [-0.4, -0.2) is 20.0 Å². The largest absolute Gasteiger partial charge is 0.299 e. The zero-order chi connectivity index (χ0) is 19.4. The maximum Gasteiger partial charge on any atom is 0.186 e. The molecule has 0 fully saturated rings. The minimum Gasteiger partial charge on any atom is -0.299 e. The molecule has 3 aromatic carbocycles. The summed E-state index contributed by atoms with van der Waals surface area (Å²) in [4.78, 5) is 12.9. The summed E-state index contributed by atoms with van der Waals surface area (Å²) in [6.07, 6.45) is 0.228. The monoisotopic (exact) mass is 380 g/mol. The van der Waals surface area contributed by atoms with Crippen LogP contribution in [-0.2, 0) is 14.6 Å². The number of fused-ring (bicyclic) bond motifs is 1. The fraction of sp³-hybridized carbons (Fsp3) is 0.261. The molecule has 1 atom stereocenters. The quantitative estimate of drug-likeness (QED) is 0.579. The summed E-state index contributed by atoms with van der Waals surface area (Å²) in [6.45, 7) is 4.12. The van der Waals surface area contributed by atoms with Crippen molar-refractivity contribution in [2.75, 3.05) is 5.75 Å². The first-order chi connectivity index (χ1) is 12.9. The van der Waals surface area contributed by atoms with Gasteiger partial charge in [0.2, 0.25) is 0 Å². The number of sulfone groups is 1. The van der Waals surface area contributed by atoms with Crippen molar-refractivity contribution in [3.05, 3.63) is 78.4 Å². The van der Waals surface area contributed by atoms with Gasteiger partial charge in [0.25, 0.3) is 0 Å². The van der Waals surface area contributed by atoms with Crippen molar-refractivity contribution in [1.29, 1.82) is 0 Å². The predicted molar refractivity (Wildman–Crippen MR) is 110 cm³/mol. The van der Waals surface area contributed by atoms with Gasteiger partial charge in [0.05, 0.1) is 4.90 Å². The van der Waals surface area contributed by atoms with Gasteiger partial charge in [0.15, 0.2) is 9.84 Å². The third kappa shape index (κ3) is 4.45. The maximum absolute atomic E-state index is 12.9. The Balaban J connectivity index is 1.84. The van der Waals surface area contributed by atoms with E-state index in [4.69, 9.17) is 0 Å². The molecular formula is C23H24O3S. The molecule has 0 radical (unpaired) electrons. The number of benzene rings is 3. The Bertz CT molecular complexity index is 1030. The van der Waals surface area contributed by atoms with Gasteiger partial charge < -0.3 is 0 Å². The predicted octanol–water partition coefficient (Wildman–Crippen LogP) is 5.01. The zero-order valence-corrected chi connectivity index (χ0v) is 16.4. The van der Waals surface area contributed by atoms with Crippen LogP contribution in [0.4, 0.5) is 0 Å². The first-order valence-corrected chi connectivity index (χ1v) is 10.8. The van der Waals surface area contributed by atoms with Gasteiger partial charge in [-0.2, -0.15) is 0 Å². The van der Waals surface area contributed by atoms with Gasteiger partial charge in [-0.25, -0.2) is 8.42 Å². The van der Waals surface area contributed by atoms with Crippen molar-refractivity contribution in [3.8, 4) is 0 Å². The molecule has 0 aromatic heterocycles. The second kappa shape index (κ2) is 8.05. The van der Waals surface area contributed by atoms with Crippen LogP contribution in [0, 0.1) is 5.92 Å². The summed E-state index contributed by atoms with van der Waals surface area (Å²) in [6, 6.07) is 22.4. The standard InChI is InChI=1S/C23H24O3S/c1-17(2)22(19-9-4-3-5-10-19)15-20(24)16-27(25,26)23-14-8-12-18-11-6-7-13-21(18)23/h3-14,17,22H,15-16H2,1-2H3. The summed E-state index contributed by atoms with van der Waals surface area (Å²) in [5.74, 6) is -0.444. The highest BCUT2D eigenvalue weighted by Crippen LogP contribution is 2.29. The molecular weight excluding hydrogens is 356 g/mol. The van der Waals surface area contributed by atoms with Crippen LogP contribution in [0.1, 0.15) is 31.7 Å². The first-order valence-electron chi connectivity index (χ1n) is 9.15. The lowest BCUT2D eigenvalue weighted by molar-refractivity contribution is -0.117. The van der Waals surface area contributed by atoms with Gasteiger partial charge in [-0.1, -0.05) is 80.6 Å². The van der Waals surface area contributed by atoms with Crippen molar-refractivity contribution < 1.29 is 13.2 Å². The minimum atomic E-state index is -3.69. The topological polar surface area (TPSA) is 51.2 Å². The first kappa shape index (κ1) is 19.3. The van der Waals surface area contributed by atoms with Crippen LogP contribution >= 0.6 is 0 Å². The number of hydrogen-bond acceptors (Lipinski definition) is 3. The SMILES string of the molecule is CC(C)C(CC(=O)CS(=O)(=O)c1cccc2ccccc12)c1ccccc1. The van der Waals surface area contributed by atoms with Crippen LogP contribution < -0.4 is 0 Å². The molecule has 0 aliphatic heterocycles. The highest BCUT2D eigenvalue weighted by Gasteiger charge is 2.25. The van der Waals surface area contributed by atoms with E-state index in [1.807, 2.05) is 54.6 Å². The second-order valence-electron chi connectivity index (χ2n) is 7.24. The van der Waals surface area contributed by atoms with E-state index in [-0.39, 0.29) is 28.9 Å². The molecule has 140 valence electrons. The fourth-order valence-electron chi connectivity index (χ4n) is 3.50. The summed E-state index contributed by atoms with van der Waals surface area (Å²) >= 11 is 0. The third-order valence-electron chi connectivity index (χ3n) is 4.92. The summed E-state index contributed by atoms with van der Waals surface area (Å²) < 4.78 is 25.8. The molecule has 0 aliphatic rings. The number of ketones is 1. The Hall–Kier alpha value is -2.46. The van der Waals surface area contributed by atoms with Crippen molar-refractivity contribution in [2.24, 2.45) is 5.92 Å². The lowest BCUT2D eigenvalue weighted by atomic mass is 9.85. The number of hydrogen-bond donors (Lipinski definition) is 0. The summed E-state index contributed by atoms with van der Waals surface area (Å²) in [5.41, 5.74) is 1.07. The highest BCUT2D eigenvalue weighted by molar-refractivity contribution is 7.92. The average Bonchev–Trinajstić information content (AvgIpc) is 2.65. The van der Waals surface area contributed by atoms with E-state index in [0.717, 1.165) is 10.9 Å². The van der Waals surface area contributed by atoms with E-state index in [1.54, 1.807) is 18.2 Å². The molecule has 4 heteroatoms. The number of rotatable bonds is 7. The lowest BCUT2D eigenvalue weighted by Crippen LogP contribution is -2.20. The lowest BCUT2D eigenvalue weighted by Gasteiger charge is -2.20. The molecule has 0 aliphatic carbocycles. The van der Waals surface area contributed by atoms with Crippen LogP contribution in [0.25, 0.3) is 10.8 Å². The minimum absolute atomic E-state index is 0.0152. The van der Waals surface area contributed by atoms with E-state index in [9.17, 15) is 13.2 Å². The molecule has 0 saturated heterocycles. The molecule has 0 heterocycles. The Labute approximate surface area is 161 Å². The van der Waals surface area contributed by atoms with Crippen molar-refractivity contribution in [2.45, 2.75) is 31.1 Å². The Kier molecular flexibility index (Phi) is 5.76. The van der Waals surface area contributed by atoms with Crippen LogP contribution in [0.15, 0.2) is 77.7 Å². The maximum atomic E-state index is 12.9. The van der Waals surface area contributed by atoms with E-state index in [1.165, 1.54) is 0 Å². The smallest absolute Gasteiger partial charge is 0.186 e. The van der Waals surface area contributed by atoms with Gasteiger partial charge >= 0.3 is 0 Å². The Morgan fingerprint density at radius 2 is 1.48 bits per heavy atom. The molecule has 0 spiro atoms. The van der Waals surface area contributed by atoms with E-state index < -0.39 is 15.6 Å². The summed E-state index contributed by atoms with van der Waals surface area (Å²) in [5, 5.41) is 1.52. The van der Waals surface area contributed by atoms with Crippen molar-refractivity contribution >= 4 is 26.4 Å². The van der Waals surface area contributed by atoms with Gasteiger partial charge in [-0.05, 0) is 28.9 Å². The van der Waals surface area contributed by atoms with E-state index in [0.29, 0.717) is 5.39 Å². The van der Waals surface area contributed by atoms with Crippen LogP contribution in [0.5, 0.6) is 0 Å². The molecule has 0 saturated carbocycles. The molecule has 3 rings (SSSR count). The molecule has 0 amide bonds. The van der Waals surface area contributed by atoms with Gasteiger partial charge in [-0.3, -0.25) is 4.79 Å². The molecule has 3 aromatic rings. The molecule has 3 nitrogen and oxygen atoms in total. The Morgan fingerprint density at radius 1 is 0.852 bits per heavy atom. The third-order valence-corrected chi connectivity index (χ3v) is 6.64. The van der Waals surface area contributed by atoms with Crippen LogP contribution in [0.3, 0.4) is 0 Å². The highest BCUT2D eigenvalue weighted by atomic mass is 32.2. The van der Waals surface area contributed by atoms with Gasteiger partial charge in [0, 0.05) is 11.8 Å².